The van der Waals surface area contributed by atoms with Gasteiger partial charge in [0.15, 0.2) is 0 Å². The van der Waals surface area contributed by atoms with Crippen molar-refractivity contribution >= 4 is 23.4 Å². The van der Waals surface area contributed by atoms with Crippen molar-refractivity contribution in [2.75, 3.05) is 13.1 Å². The Morgan fingerprint density at radius 1 is 1.42 bits per heavy atom. The lowest BCUT2D eigenvalue weighted by molar-refractivity contribution is -0.123. The Bertz CT molecular complexity index is 521. The predicted molar refractivity (Wildman–Crippen MR) is 69.2 cm³/mol. The van der Waals surface area contributed by atoms with E-state index in [1.807, 2.05) is 0 Å². The Balaban J connectivity index is 2.19. The van der Waals surface area contributed by atoms with Crippen molar-refractivity contribution in [3.63, 3.8) is 0 Å². The minimum Gasteiger partial charge on any atom is -0.369 e. The summed E-state index contributed by atoms with van der Waals surface area (Å²) in [5, 5.41) is 0.299. The average Bonchev–Trinajstić information content (AvgIpc) is 2.41. The van der Waals surface area contributed by atoms with Gasteiger partial charge in [0, 0.05) is 18.1 Å². The van der Waals surface area contributed by atoms with Crippen LogP contribution in [0.25, 0.3) is 0 Å². The third kappa shape index (κ3) is 3.04. The summed E-state index contributed by atoms with van der Waals surface area (Å²) >= 11 is 5.77. The number of primary amides is 1. The van der Waals surface area contributed by atoms with Gasteiger partial charge >= 0.3 is 0 Å². The van der Waals surface area contributed by atoms with E-state index >= 15 is 0 Å². The van der Waals surface area contributed by atoms with Gasteiger partial charge in [0.25, 0.3) is 5.91 Å². The summed E-state index contributed by atoms with van der Waals surface area (Å²) < 4.78 is 13.6. The molecule has 0 aliphatic carbocycles. The summed E-state index contributed by atoms with van der Waals surface area (Å²) in [6.45, 7) is 0.731. The lowest BCUT2D eigenvalue weighted by Crippen LogP contribution is -2.44. The van der Waals surface area contributed by atoms with Gasteiger partial charge in [-0.2, -0.15) is 0 Å². The van der Waals surface area contributed by atoms with Crippen LogP contribution >= 0.6 is 11.6 Å². The van der Waals surface area contributed by atoms with E-state index in [-0.39, 0.29) is 18.0 Å². The van der Waals surface area contributed by atoms with Gasteiger partial charge in [0.1, 0.15) is 5.82 Å². The highest BCUT2D eigenvalue weighted by Gasteiger charge is 2.28. The molecule has 1 atom stereocenters. The molecule has 19 heavy (non-hydrogen) atoms. The Morgan fingerprint density at radius 2 is 2.16 bits per heavy atom. The van der Waals surface area contributed by atoms with Gasteiger partial charge < -0.3 is 10.6 Å². The second-order valence-electron chi connectivity index (χ2n) is 4.62. The van der Waals surface area contributed by atoms with Crippen molar-refractivity contribution in [2.45, 2.75) is 12.8 Å². The van der Waals surface area contributed by atoms with Gasteiger partial charge in [-0.1, -0.05) is 11.6 Å². The molecule has 1 fully saturated rings. The van der Waals surface area contributed by atoms with E-state index in [4.69, 9.17) is 17.3 Å². The van der Waals surface area contributed by atoms with Crippen LogP contribution in [0.15, 0.2) is 18.2 Å². The maximum Gasteiger partial charge on any atom is 0.256 e. The van der Waals surface area contributed by atoms with Gasteiger partial charge in [-0.05, 0) is 31.0 Å². The van der Waals surface area contributed by atoms with Crippen LogP contribution in [-0.4, -0.2) is 29.8 Å². The van der Waals surface area contributed by atoms with Crippen LogP contribution in [0.3, 0.4) is 0 Å². The number of piperidine rings is 1. The minimum atomic E-state index is -0.615. The molecule has 1 aromatic carbocycles. The fourth-order valence-electron chi connectivity index (χ4n) is 2.23. The minimum absolute atomic E-state index is 0.0716. The third-order valence-corrected chi connectivity index (χ3v) is 3.50. The number of rotatable bonds is 2. The van der Waals surface area contributed by atoms with Gasteiger partial charge in [0.2, 0.25) is 5.91 Å². The van der Waals surface area contributed by atoms with Crippen molar-refractivity contribution < 1.29 is 14.0 Å². The number of hydrogen-bond donors (Lipinski definition) is 1. The number of likely N-dealkylation sites (tertiary alicyclic amines) is 1. The van der Waals surface area contributed by atoms with Gasteiger partial charge in [-0.3, -0.25) is 9.59 Å². The normalized spacial score (nSPS) is 19.3. The highest BCUT2D eigenvalue weighted by atomic mass is 35.5. The lowest BCUT2D eigenvalue weighted by atomic mass is 9.97. The molecule has 0 radical (unpaired) electrons. The predicted octanol–water partition coefficient (Wildman–Crippen LogP) is 1.82. The van der Waals surface area contributed by atoms with E-state index in [0.29, 0.717) is 24.4 Å². The first kappa shape index (κ1) is 13.8. The van der Waals surface area contributed by atoms with Gasteiger partial charge in [-0.25, -0.2) is 4.39 Å². The molecule has 4 nitrogen and oxygen atoms in total. The van der Waals surface area contributed by atoms with E-state index in [2.05, 4.69) is 0 Å². The maximum atomic E-state index is 13.6. The topological polar surface area (TPSA) is 63.4 Å². The molecule has 1 saturated heterocycles. The van der Waals surface area contributed by atoms with E-state index in [1.165, 1.54) is 17.0 Å². The molecule has 0 aromatic heterocycles. The van der Waals surface area contributed by atoms with Crippen LogP contribution in [0.2, 0.25) is 5.02 Å². The number of benzene rings is 1. The Hall–Kier alpha value is -1.62. The summed E-state index contributed by atoms with van der Waals surface area (Å²) in [6.07, 6.45) is 1.35. The van der Waals surface area contributed by atoms with Crippen LogP contribution in [-0.2, 0) is 4.79 Å². The molecular formula is C13H14ClFN2O2. The van der Waals surface area contributed by atoms with E-state index in [0.717, 1.165) is 6.07 Å². The fourth-order valence-corrected chi connectivity index (χ4v) is 2.40. The summed E-state index contributed by atoms with van der Waals surface area (Å²) in [5.74, 6) is -1.86. The highest BCUT2D eigenvalue weighted by Crippen LogP contribution is 2.21. The zero-order valence-corrected chi connectivity index (χ0v) is 11.0. The quantitative estimate of drug-likeness (QED) is 0.900. The molecule has 6 heteroatoms. The molecule has 102 valence electrons. The Labute approximate surface area is 115 Å². The fraction of sp³-hybridized carbons (Fsp3) is 0.385. The molecule has 1 heterocycles. The zero-order valence-electron chi connectivity index (χ0n) is 10.2. The Kier molecular flexibility index (Phi) is 4.04. The van der Waals surface area contributed by atoms with Gasteiger partial charge in [-0.15, -0.1) is 0 Å². The summed E-state index contributed by atoms with van der Waals surface area (Å²) in [6, 6.07) is 3.84. The van der Waals surface area contributed by atoms with Crippen molar-refractivity contribution in [1.29, 1.82) is 0 Å². The molecule has 0 saturated carbocycles. The third-order valence-electron chi connectivity index (χ3n) is 3.27. The first-order valence-electron chi connectivity index (χ1n) is 6.02. The molecule has 2 N–H and O–H groups in total. The number of amides is 2. The highest BCUT2D eigenvalue weighted by molar-refractivity contribution is 6.31. The molecule has 2 amide bonds. The van der Waals surface area contributed by atoms with Crippen LogP contribution in [0, 0.1) is 11.7 Å². The number of halogens is 2. The Morgan fingerprint density at radius 3 is 2.84 bits per heavy atom. The summed E-state index contributed by atoms with van der Waals surface area (Å²) in [5.41, 5.74) is 5.18. The first-order chi connectivity index (χ1) is 8.99. The van der Waals surface area contributed by atoms with Crippen molar-refractivity contribution in [3.8, 4) is 0 Å². The molecule has 1 unspecified atom stereocenters. The van der Waals surface area contributed by atoms with Crippen molar-refractivity contribution in [1.82, 2.24) is 4.90 Å². The van der Waals surface area contributed by atoms with Crippen LogP contribution < -0.4 is 5.73 Å². The zero-order chi connectivity index (χ0) is 14.0. The van der Waals surface area contributed by atoms with Crippen LogP contribution in [0.1, 0.15) is 23.2 Å². The SMILES string of the molecule is NC(=O)C1CCCN(C(=O)c2cc(Cl)ccc2F)C1. The van der Waals surface area contributed by atoms with E-state index < -0.39 is 17.6 Å². The second-order valence-corrected chi connectivity index (χ2v) is 5.05. The smallest absolute Gasteiger partial charge is 0.256 e. The van der Waals surface area contributed by atoms with Crippen LogP contribution in [0.5, 0.6) is 0 Å². The van der Waals surface area contributed by atoms with E-state index in [1.54, 1.807) is 0 Å². The largest absolute Gasteiger partial charge is 0.369 e. The maximum absolute atomic E-state index is 13.6. The van der Waals surface area contributed by atoms with Crippen molar-refractivity contribution in [3.05, 3.63) is 34.6 Å². The lowest BCUT2D eigenvalue weighted by Gasteiger charge is -2.31. The number of nitrogens with two attached hydrogens (primary N) is 1. The first-order valence-corrected chi connectivity index (χ1v) is 6.40. The molecule has 1 aliphatic rings. The van der Waals surface area contributed by atoms with Gasteiger partial charge in [0.05, 0.1) is 11.5 Å². The number of hydrogen-bond acceptors (Lipinski definition) is 2. The van der Waals surface area contributed by atoms with E-state index in [9.17, 15) is 14.0 Å². The molecule has 1 aromatic rings. The number of carbonyl (C=O) groups excluding carboxylic acids is 2. The molecule has 2 rings (SSSR count). The second kappa shape index (κ2) is 5.57. The van der Waals surface area contributed by atoms with Crippen molar-refractivity contribution in [2.24, 2.45) is 11.7 Å². The average molecular weight is 285 g/mol. The number of carbonyl (C=O) groups is 2. The summed E-state index contributed by atoms with van der Waals surface area (Å²) in [4.78, 5) is 24.8. The standard InChI is InChI=1S/C13H14ClFN2O2/c14-9-3-4-11(15)10(6-9)13(19)17-5-1-2-8(7-17)12(16)18/h3-4,6,8H,1-2,5,7H2,(H2,16,18). The molecule has 0 spiro atoms. The molecule has 1 aliphatic heterocycles. The monoisotopic (exact) mass is 284 g/mol. The summed E-state index contributed by atoms with van der Waals surface area (Å²) in [7, 11) is 0. The number of nitrogens with zero attached hydrogens (tertiary/aromatic N) is 1. The molecule has 0 bridgehead atoms. The van der Waals surface area contributed by atoms with Crippen LogP contribution in [0.4, 0.5) is 4.39 Å². The molecular weight excluding hydrogens is 271 g/mol.